The van der Waals surface area contributed by atoms with Gasteiger partial charge in [0.2, 0.25) is 0 Å². The molecule has 4 nitrogen and oxygen atoms in total. The first-order chi connectivity index (χ1) is 12.6. The standard InChI is InChI=1S/C20H18Cl2N2O2/c1-26-19-15(22)7-6-14(21)18(19)20(25)24-10-8-13-12-4-2-3-5-16(12)23-17(13)9-11-24/h2-7,23H,8-11H2,1H3. The molecular weight excluding hydrogens is 371 g/mol. The first-order valence-electron chi connectivity index (χ1n) is 8.50. The van der Waals surface area contributed by atoms with Gasteiger partial charge in [-0.05, 0) is 30.2 Å². The van der Waals surface area contributed by atoms with E-state index in [1.165, 1.54) is 23.8 Å². The van der Waals surface area contributed by atoms with Crippen LogP contribution in [0.15, 0.2) is 36.4 Å². The number of benzene rings is 2. The minimum Gasteiger partial charge on any atom is -0.494 e. The average molecular weight is 389 g/mol. The normalized spacial score (nSPS) is 14.2. The van der Waals surface area contributed by atoms with Gasteiger partial charge in [-0.1, -0.05) is 41.4 Å². The summed E-state index contributed by atoms with van der Waals surface area (Å²) in [5, 5.41) is 1.96. The number of carbonyl (C=O) groups excluding carboxylic acids is 1. The largest absolute Gasteiger partial charge is 0.494 e. The van der Waals surface area contributed by atoms with Crippen molar-refractivity contribution in [1.82, 2.24) is 9.88 Å². The number of para-hydroxylation sites is 1. The zero-order valence-electron chi connectivity index (χ0n) is 14.3. The molecule has 0 radical (unpaired) electrons. The highest BCUT2D eigenvalue weighted by molar-refractivity contribution is 6.37. The molecule has 2 heterocycles. The number of hydrogen-bond donors (Lipinski definition) is 1. The molecule has 1 aromatic heterocycles. The summed E-state index contributed by atoms with van der Waals surface area (Å²) in [7, 11) is 1.49. The summed E-state index contributed by atoms with van der Waals surface area (Å²) in [6.07, 6.45) is 1.57. The molecule has 0 spiro atoms. The maximum absolute atomic E-state index is 13.1. The fourth-order valence-electron chi connectivity index (χ4n) is 3.65. The van der Waals surface area contributed by atoms with Gasteiger partial charge in [0.1, 0.15) is 5.56 Å². The number of carbonyl (C=O) groups is 1. The minimum atomic E-state index is -0.149. The summed E-state index contributed by atoms with van der Waals surface area (Å²) in [4.78, 5) is 18.4. The number of aromatic nitrogens is 1. The van der Waals surface area contributed by atoms with E-state index in [9.17, 15) is 4.79 Å². The lowest BCUT2D eigenvalue weighted by molar-refractivity contribution is 0.0759. The van der Waals surface area contributed by atoms with Gasteiger partial charge in [0.15, 0.2) is 5.75 Å². The lowest BCUT2D eigenvalue weighted by atomic mass is 10.1. The van der Waals surface area contributed by atoms with E-state index in [0.29, 0.717) is 34.4 Å². The molecule has 1 aliphatic rings. The van der Waals surface area contributed by atoms with Gasteiger partial charge >= 0.3 is 0 Å². The van der Waals surface area contributed by atoms with Gasteiger partial charge < -0.3 is 14.6 Å². The molecule has 0 aliphatic carbocycles. The number of ether oxygens (including phenoxy) is 1. The number of nitrogens with one attached hydrogen (secondary N) is 1. The summed E-state index contributed by atoms with van der Waals surface area (Å²) in [5.41, 5.74) is 3.97. The van der Waals surface area contributed by atoms with Crippen LogP contribution in [0, 0.1) is 0 Å². The van der Waals surface area contributed by atoms with Crippen LogP contribution in [0.1, 0.15) is 21.6 Å². The van der Waals surface area contributed by atoms with Crippen LogP contribution >= 0.6 is 23.2 Å². The Morgan fingerprint density at radius 1 is 1.08 bits per heavy atom. The van der Waals surface area contributed by atoms with Crippen LogP contribution in [-0.2, 0) is 12.8 Å². The summed E-state index contributed by atoms with van der Waals surface area (Å²) in [6.45, 7) is 1.24. The third-order valence-electron chi connectivity index (χ3n) is 4.93. The van der Waals surface area contributed by atoms with Gasteiger partial charge in [-0.25, -0.2) is 0 Å². The molecule has 0 atom stereocenters. The molecule has 0 fully saturated rings. The average Bonchev–Trinajstić information content (AvgIpc) is 2.87. The number of nitrogens with zero attached hydrogens (tertiary/aromatic N) is 1. The van der Waals surface area contributed by atoms with E-state index >= 15 is 0 Å². The Hall–Kier alpha value is -2.17. The summed E-state index contributed by atoms with van der Waals surface area (Å²) >= 11 is 12.5. The Bertz CT molecular complexity index is 997. The van der Waals surface area contributed by atoms with Gasteiger partial charge in [0.25, 0.3) is 5.91 Å². The number of halogens is 2. The molecule has 0 saturated heterocycles. The predicted octanol–water partition coefficient (Wildman–Crippen LogP) is 4.72. The second kappa shape index (κ2) is 6.86. The van der Waals surface area contributed by atoms with E-state index in [1.54, 1.807) is 12.1 Å². The van der Waals surface area contributed by atoms with Crippen LogP contribution in [0.3, 0.4) is 0 Å². The Morgan fingerprint density at radius 2 is 1.81 bits per heavy atom. The maximum Gasteiger partial charge on any atom is 0.259 e. The first kappa shape index (κ1) is 17.3. The van der Waals surface area contributed by atoms with Crippen LogP contribution in [0.5, 0.6) is 5.75 Å². The maximum atomic E-state index is 13.1. The molecule has 1 N–H and O–H groups in total. The second-order valence-corrected chi connectivity index (χ2v) is 7.17. The van der Waals surface area contributed by atoms with Crippen molar-refractivity contribution in [2.45, 2.75) is 12.8 Å². The van der Waals surface area contributed by atoms with E-state index in [2.05, 4.69) is 17.1 Å². The Morgan fingerprint density at radius 3 is 2.62 bits per heavy atom. The fraction of sp³-hybridized carbons (Fsp3) is 0.250. The molecule has 0 saturated carbocycles. The number of methoxy groups -OCH3 is 1. The van der Waals surface area contributed by atoms with Gasteiger partial charge in [-0.2, -0.15) is 0 Å². The zero-order valence-corrected chi connectivity index (χ0v) is 15.8. The molecule has 26 heavy (non-hydrogen) atoms. The summed E-state index contributed by atoms with van der Waals surface area (Å²) in [6, 6.07) is 11.6. The topological polar surface area (TPSA) is 45.3 Å². The lowest BCUT2D eigenvalue weighted by Crippen LogP contribution is -2.33. The van der Waals surface area contributed by atoms with E-state index in [-0.39, 0.29) is 5.91 Å². The van der Waals surface area contributed by atoms with Crippen LogP contribution in [-0.4, -0.2) is 36.0 Å². The molecule has 4 rings (SSSR count). The van der Waals surface area contributed by atoms with Gasteiger partial charge in [0, 0.05) is 36.1 Å². The highest BCUT2D eigenvalue weighted by Gasteiger charge is 2.27. The number of rotatable bonds is 2. The van der Waals surface area contributed by atoms with Crippen LogP contribution in [0.25, 0.3) is 10.9 Å². The first-order valence-corrected chi connectivity index (χ1v) is 9.25. The second-order valence-electron chi connectivity index (χ2n) is 6.36. The minimum absolute atomic E-state index is 0.149. The summed E-state index contributed by atoms with van der Waals surface area (Å²) in [5.74, 6) is 0.182. The van der Waals surface area contributed by atoms with E-state index in [0.717, 1.165) is 18.4 Å². The van der Waals surface area contributed by atoms with Crippen molar-refractivity contribution in [3.05, 3.63) is 63.3 Å². The number of fused-ring (bicyclic) bond motifs is 3. The van der Waals surface area contributed by atoms with E-state index < -0.39 is 0 Å². The van der Waals surface area contributed by atoms with Gasteiger partial charge in [-0.15, -0.1) is 0 Å². The van der Waals surface area contributed by atoms with E-state index in [1.807, 2.05) is 17.0 Å². The third kappa shape index (κ3) is 2.83. The van der Waals surface area contributed by atoms with Crippen molar-refractivity contribution in [3.8, 4) is 5.75 Å². The number of H-pyrrole nitrogens is 1. The molecule has 1 aliphatic heterocycles. The van der Waals surface area contributed by atoms with Crippen molar-refractivity contribution in [2.75, 3.05) is 20.2 Å². The Labute approximate surface area is 161 Å². The van der Waals surface area contributed by atoms with Gasteiger partial charge in [0.05, 0.1) is 17.2 Å². The highest BCUT2D eigenvalue weighted by atomic mass is 35.5. The van der Waals surface area contributed by atoms with Crippen molar-refractivity contribution in [3.63, 3.8) is 0 Å². The predicted molar refractivity (Wildman–Crippen MR) is 105 cm³/mol. The SMILES string of the molecule is COc1c(Cl)ccc(Cl)c1C(=O)N1CCc2[nH]c3ccccc3c2CC1. The lowest BCUT2D eigenvalue weighted by Gasteiger charge is -2.22. The zero-order chi connectivity index (χ0) is 18.3. The number of aromatic amines is 1. The van der Waals surface area contributed by atoms with E-state index in [4.69, 9.17) is 27.9 Å². The molecule has 134 valence electrons. The third-order valence-corrected chi connectivity index (χ3v) is 5.54. The van der Waals surface area contributed by atoms with Crippen molar-refractivity contribution >= 4 is 40.0 Å². The molecule has 3 aromatic rings. The van der Waals surface area contributed by atoms with Crippen molar-refractivity contribution < 1.29 is 9.53 Å². The quantitative estimate of drug-likeness (QED) is 0.689. The van der Waals surface area contributed by atoms with Crippen molar-refractivity contribution in [1.29, 1.82) is 0 Å². The summed E-state index contributed by atoms with van der Waals surface area (Å²) < 4.78 is 5.33. The number of hydrogen-bond acceptors (Lipinski definition) is 2. The monoisotopic (exact) mass is 388 g/mol. The molecule has 1 amide bonds. The van der Waals surface area contributed by atoms with Crippen LogP contribution in [0.2, 0.25) is 10.0 Å². The fourth-order valence-corrected chi connectivity index (χ4v) is 4.12. The Kier molecular flexibility index (Phi) is 4.55. The molecule has 0 bridgehead atoms. The molecule has 0 unspecified atom stereocenters. The molecule has 2 aromatic carbocycles. The molecule has 6 heteroatoms. The van der Waals surface area contributed by atoms with Gasteiger partial charge in [-0.3, -0.25) is 4.79 Å². The number of amides is 1. The highest BCUT2D eigenvalue weighted by Crippen LogP contribution is 2.35. The molecular formula is C20H18Cl2N2O2. The van der Waals surface area contributed by atoms with Crippen LogP contribution in [0.4, 0.5) is 0 Å². The smallest absolute Gasteiger partial charge is 0.259 e. The van der Waals surface area contributed by atoms with Crippen molar-refractivity contribution in [2.24, 2.45) is 0 Å². The van der Waals surface area contributed by atoms with Crippen LogP contribution < -0.4 is 4.74 Å². The Balaban J connectivity index is 1.65.